The molecule has 0 aliphatic carbocycles. The van der Waals surface area contributed by atoms with Crippen LogP contribution in [0.4, 0.5) is 0 Å². The monoisotopic (exact) mass is 410 g/mol. The molecule has 0 aliphatic rings. The fourth-order valence-electron chi connectivity index (χ4n) is 4.02. The summed E-state index contributed by atoms with van der Waals surface area (Å²) in [7, 11) is 2.35. The fourth-order valence-corrected chi connectivity index (χ4v) is 4.02. The van der Waals surface area contributed by atoms with E-state index in [4.69, 9.17) is 4.74 Å². The molecule has 172 valence electrons. The van der Waals surface area contributed by atoms with Crippen LogP contribution in [0.2, 0.25) is 0 Å². The molecule has 0 bridgehead atoms. The summed E-state index contributed by atoms with van der Waals surface area (Å²) in [5.74, 6) is -0.296. The van der Waals surface area contributed by atoms with Gasteiger partial charge in [-0.15, -0.1) is 0 Å². The average Bonchev–Trinajstić information content (AvgIpc) is 2.72. The number of likely N-dealkylation sites (N-methyl/N-ethyl adjacent to an activating group) is 1. The van der Waals surface area contributed by atoms with Crippen LogP contribution in [0.3, 0.4) is 0 Å². The third kappa shape index (κ3) is 18.9. The first-order valence-corrected chi connectivity index (χ1v) is 12.7. The molecule has 0 radical (unpaired) electrons. The second-order valence-electron chi connectivity index (χ2n) is 9.11. The molecule has 29 heavy (non-hydrogen) atoms. The Morgan fingerprint density at radius 1 is 0.690 bits per heavy atom. The van der Waals surface area contributed by atoms with Crippen LogP contribution >= 0.6 is 0 Å². The van der Waals surface area contributed by atoms with Crippen molar-refractivity contribution in [2.24, 2.45) is 0 Å². The Hall–Kier alpha value is -0.830. The molecule has 0 saturated carbocycles. The number of hydrogen-bond donors (Lipinski definition) is 0. The molecule has 0 rings (SSSR count). The third-order valence-electron chi connectivity index (χ3n) is 6.15. The van der Waals surface area contributed by atoms with Crippen molar-refractivity contribution < 1.29 is 14.0 Å². The summed E-state index contributed by atoms with van der Waals surface area (Å²) < 4.78 is 6.32. The van der Waals surface area contributed by atoms with Gasteiger partial charge in [0, 0.05) is 6.08 Å². The lowest BCUT2D eigenvalue weighted by atomic mass is 10.1. The SMILES string of the molecule is C=CC(=O)OCC[N+](C)(CCCCCCCCCC)CCCCCCCCCC. The minimum Gasteiger partial charge on any atom is -0.457 e. The van der Waals surface area contributed by atoms with Crippen LogP contribution in [0.1, 0.15) is 117 Å². The lowest BCUT2D eigenvalue weighted by Gasteiger charge is -2.34. The molecule has 0 aromatic carbocycles. The van der Waals surface area contributed by atoms with Gasteiger partial charge in [0.25, 0.3) is 0 Å². The lowest BCUT2D eigenvalue weighted by molar-refractivity contribution is -0.910. The van der Waals surface area contributed by atoms with E-state index in [1.807, 2.05) is 0 Å². The van der Waals surface area contributed by atoms with Crippen LogP contribution in [0, 0.1) is 0 Å². The summed E-state index contributed by atoms with van der Waals surface area (Å²) in [5, 5.41) is 0. The molecule has 0 unspecified atom stereocenters. The summed E-state index contributed by atoms with van der Waals surface area (Å²) in [5.41, 5.74) is 0. The summed E-state index contributed by atoms with van der Waals surface area (Å²) >= 11 is 0. The Morgan fingerprint density at radius 3 is 1.45 bits per heavy atom. The minimum atomic E-state index is -0.296. The lowest BCUT2D eigenvalue weighted by Crippen LogP contribution is -2.48. The van der Waals surface area contributed by atoms with Crippen LogP contribution in [0.5, 0.6) is 0 Å². The van der Waals surface area contributed by atoms with Gasteiger partial charge in [-0.05, 0) is 25.7 Å². The van der Waals surface area contributed by atoms with E-state index >= 15 is 0 Å². The molecule has 0 aromatic rings. The van der Waals surface area contributed by atoms with Gasteiger partial charge in [-0.3, -0.25) is 0 Å². The number of rotatable bonds is 22. The van der Waals surface area contributed by atoms with Crippen molar-refractivity contribution in [2.75, 3.05) is 33.3 Å². The van der Waals surface area contributed by atoms with E-state index in [-0.39, 0.29) is 5.97 Å². The van der Waals surface area contributed by atoms with Crippen LogP contribution in [-0.4, -0.2) is 43.7 Å². The molecular formula is C26H52NO2+. The first-order chi connectivity index (χ1) is 14.1. The van der Waals surface area contributed by atoms with Gasteiger partial charge in [0.15, 0.2) is 0 Å². The molecule has 0 fully saturated rings. The van der Waals surface area contributed by atoms with Gasteiger partial charge < -0.3 is 9.22 Å². The highest BCUT2D eigenvalue weighted by Gasteiger charge is 2.21. The second kappa shape index (κ2) is 20.4. The standard InChI is InChI=1S/C26H52NO2/c1-5-8-10-12-14-16-18-20-22-27(4,24-25-29-26(28)7-3)23-21-19-17-15-13-11-9-6-2/h7H,3,5-6,8-25H2,1-2,4H3/q+1. The topological polar surface area (TPSA) is 26.3 Å². The number of esters is 1. The molecule has 3 nitrogen and oxygen atoms in total. The number of quaternary nitrogens is 1. The zero-order valence-corrected chi connectivity index (χ0v) is 20.2. The molecule has 0 spiro atoms. The minimum absolute atomic E-state index is 0.296. The van der Waals surface area contributed by atoms with E-state index in [9.17, 15) is 4.79 Å². The maximum atomic E-state index is 11.4. The molecule has 3 heteroatoms. The fraction of sp³-hybridized carbons (Fsp3) is 0.885. The maximum absolute atomic E-state index is 11.4. The van der Waals surface area contributed by atoms with Crippen molar-refractivity contribution in [3.05, 3.63) is 12.7 Å². The van der Waals surface area contributed by atoms with E-state index < -0.39 is 0 Å². The van der Waals surface area contributed by atoms with Crippen LogP contribution in [0.25, 0.3) is 0 Å². The predicted molar refractivity (Wildman–Crippen MR) is 127 cm³/mol. The van der Waals surface area contributed by atoms with Crippen molar-refractivity contribution in [1.82, 2.24) is 0 Å². The van der Waals surface area contributed by atoms with Gasteiger partial charge in [-0.25, -0.2) is 4.79 Å². The average molecular weight is 411 g/mol. The smallest absolute Gasteiger partial charge is 0.330 e. The van der Waals surface area contributed by atoms with E-state index in [0.29, 0.717) is 6.61 Å². The van der Waals surface area contributed by atoms with E-state index in [2.05, 4.69) is 27.5 Å². The number of nitrogens with zero attached hydrogens (tertiary/aromatic N) is 1. The van der Waals surface area contributed by atoms with Crippen molar-refractivity contribution in [3.8, 4) is 0 Å². The Balaban J connectivity index is 4.08. The molecule has 0 aromatic heterocycles. The molecule has 0 atom stereocenters. The highest BCUT2D eigenvalue weighted by molar-refractivity contribution is 5.81. The zero-order chi connectivity index (χ0) is 21.6. The Morgan fingerprint density at radius 2 is 1.07 bits per heavy atom. The van der Waals surface area contributed by atoms with Crippen molar-refractivity contribution in [2.45, 2.75) is 117 Å². The van der Waals surface area contributed by atoms with Gasteiger partial charge in [-0.2, -0.15) is 0 Å². The Bertz CT molecular complexity index is 361. The zero-order valence-electron chi connectivity index (χ0n) is 20.2. The first kappa shape index (κ1) is 28.2. The highest BCUT2D eigenvalue weighted by Crippen LogP contribution is 2.14. The summed E-state index contributed by atoms with van der Waals surface area (Å²) in [4.78, 5) is 11.4. The van der Waals surface area contributed by atoms with Gasteiger partial charge in [0.05, 0.1) is 20.1 Å². The van der Waals surface area contributed by atoms with Gasteiger partial charge in [0.1, 0.15) is 13.2 Å². The van der Waals surface area contributed by atoms with Gasteiger partial charge in [0.2, 0.25) is 0 Å². The highest BCUT2D eigenvalue weighted by atomic mass is 16.5. The quantitative estimate of drug-likeness (QED) is 0.0802. The maximum Gasteiger partial charge on any atom is 0.330 e. The number of hydrogen-bond acceptors (Lipinski definition) is 2. The second-order valence-corrected chi connectivity index (χ2v) is 9.11. The van der Waals surface area contributed by atoms with E-state index in [0.717, 1.165) is 11.0 Å². The van der Waals surface area contributed by atoms with Crippen molar-refractivity contribution >= 4 is 5.97 Å². The van der Waals surface area contributed by atoms with Gasteiger partial charge in [-0.1, -0.05) is 97.5 Å². The summed E-state index contributed by atoms with van der Waals surface area (Å²) in [6, 6.07) is 0. The first-order valence-electron chi connectivity index (χ1n) is 12.7. The Kier molecular flexibility index (Phi) is 19.9. The molecular weight excluding hydrogens is 358 g/mol. The molecule has 0 heterocycles. The van der Waals surface area contributed by atoms with Crippen LogP contribution in [-0.2, 0) is 9.53 Å². The normalized spacial score (nSPS) is 11.6. The number of ether oxygens (including phenoxy) is 1. The Labute approximate surface area is 182 Å². The largest absolute Gasteiger partial charge is 0.457 e. The number of unbranched alkanes of at least 4 members (excludes halogenated alkanes) is 14. The number of carbonyl (C=O) groups is 1. The van der Waals surface area contributed by atoms with E-state index in [1.54, 1.807) is 0 Å². The van der Waals surface area contributed by atoms with E-state index in [1.165, 1.54) is 122 Å². The predicted octanol–water partition coefficient (Wildman–Crippen LogP) is 7.44. The molecule has 0 aliphatic heterocycles. The van der Waals surface area contributed by atoms with Crippen LogP contribution < -0.4 is 0 Å². The summed E-state index contributed by atoms with van der Waals surface area (Å²) in [6.07, 6.45) is 23.0. The molecule has 0 saturated heterocycles. The third-order valence-corrected chi connectivity index (χ3v) is 6.15. The van der Waals surface area contributed by atoms with Gasteiger partial charge >= 0.3 is 5.97 Å². The van der Waals surface area contributed by atoms with Crippen molar-refractivity contribution in [3.63, 3.8) is 0 Å². The van der Waals surface area contributed by atoms with Crippen molar-refractivity contribution in [1.29, 1.82) is 0 Å². The summed E-state index contributed by atoms with van der Waals surface area (Å²) in [6.45, 7) is 11.9. The number of carbonyl (C=O) groups excluding carboxylic acids is 1. The molecule has 0 N–H and O–H groups in total. The van der Waals surface area contributed by atoms with Crippen LogP contribution in [0.15, 0.2) is 12.7 Å². The molecule has 0 amide bonds.